The van der Waals surface area contributed by atoms with Crippen LogP contribution in [0.5, 0.6) is 0 Å². The fraction of sp³-hybridized carbons (Fsp3) is 0.500. The summed E-state index contributed by atoms with van der Waals surface area (Å²) in [6, 6.07) is 6.91. The van der Waals surface area contributed by atoms with Crippen molar-refractivity contribution in [3.05, 3.63) is 42.0 Å². The van der Waals surface area contributed by atoms with Crippen LogP contribution in [0, 0.1) is 12.8 Å². The number of benzene rings is 1. The zero-order chi connectivity index (χ0) is 17.2. The van der Waals surface area contributed by atoms with Gasteiger partial charge in [-0.1, -0.05) is 29.8 Å². The topological polar surface area (TPSA) is 57.7 Å². The van der Waals surface area contributed by atoms with Gasteiger partial charge in [0.1, 0.15) is 0 Å². The van der Waals surface area contributed by atoms with E-state index >= 15 is 0 Å². The normalized spacial score (nSPS) is 22.0. The summed E-state index contributed by atoms with van der Waals surface area (Å²) in [4.78, 5) is 14.5. The second-order valence-electron chi connectivity index (χ2n) is 6.57. The number of carbonyl (C=O) groups is 1. The van der Waals surface area contributed by atoms with E-state index in [-0.39, 0.29) is 5.91 Å². The third kappa shape index (κ3) is 3.70. The second kappa shape index (κ2) is 7.07. The van der Waals surface area contributed by atoms with Gasteiger partial charge in [0.15, 0.2) is 0 Å². The maximum absolute atomic E-state index is 12.7. The van der Waals surface area contributed by atoms with E-state index in [0.717, 1.165) is 18.4 Å². The number of piperazine rings is 1. The number of allylic oxidation sites excluding steroid dienone is 2. The van der Waals surface area contributed by atoms with Crippen molar-refractivity contribution in [3.63, 3.8) is 0 Å². The van der Waals surface area contributed by atoms with Crippen LogP contribution in [0.4, 0.5) is 0 Å². The van der Waals surface area contributed by atoms with Gasteiger partial charge in [0.25, 0.3) is 0 Å². The van der Waals surface area contributed by atoms with E-state index in [2.05, 4.69) is 12.2 Å². The molecule has 3 rings (SSSR count). The Morgan fingerprint density at radius 3 is 2.38 bits per heavy atom. The smallest absolute Gasteiger partial charge is 0.243 e. The van der Waals surface area contributed by atoms with Crippen molar-refractivity contribution in [2.45, 2.75) is 31.1 Å². The highest BCUT2D eigenvalue weighted by molar-refractivity contribution is 7.89. The molecule has 6 heteroatoms. The monoisotopic (exact) mass is 348 g/mol. The molecule has 1 aromatic rings. The zero-order valence-electron chi connectivity index (χ0n) is 14.0. The van der Waals surface area contributed by atoms with E-state index in [1.807, 2.05) is 19.1 Å². The van der Waals surface area contributed by atoms with Crippen LogP contribution < -0.4 is 0 Å². The molecule has 0 spiro atoms. The van der Waals surface area contributed by atoms with Crippen molar-refractivity contribution in [1.29, 1.82) is 0 Å². The van der Waals surface area contributed by atoms with Crippen molar-refractivity contribution in [1.82, 2.24) is 9.21 Å². The highest BCUT2D eigenvalue weighted by atomic mass is 32.2. The average Bonchev–Trinajstić information content (AvgIpc) is 3.08. The number of sulfonamides is 1. The molecule has 0 radical (unpaired) electrons. The Morgan fingerprint density at radius 2 is 1.79 bits per heavy atom. The minimum Gasteiger partial charge on any atom is -0.340 e. The number of rotatable bonds is 4. The summed E-state index contributed by atoms with van der Waals surface area (Å²) in [6.07, 6.45) is 6.90. The maximum Gasteiger partial charge on any atom is 0.243 e. The van der Waals surface area contributed by atoms with Crippen LogP contribution in [0.15, 0.2) is 41.3 Å². The first-order valence-electron chi connectivity index (χ1n) is 8.48. The molecule has 0 N–H and O–H groups in total. The average molecular weight is 348 g/mol. The number of hydrogen-bond donors (Lipinski definition) is 0. The molecule has 0 aromatic heterocycles. The van der Waals surface area contributed by atoms with Gasteiger partial charge < -0.3 is 4.90 Å². The minimum absolute atomic E-state index is 0.138. The van der Waals surface area contributed by atoms with Gasteiger partial charge >= 0.3 is 0 Å². The summed E-state index contributed by atoms with van der Waals surface area (Å²) in [7, 11) is -3.47. The molecule has 1 aliphatic heterocycles. The van der Waals surface area contributed by atoms with Gasteiger partial charge in [-0.3, -0.25) is 4.79 Å². The summed E-state index contributed by atoms with van der Waals surface area (Å²) < 4.78 is 26.8. The first-order valence-corrected chi connectivity index (χ1v) is 9.92. The molecule has 1 atom stereocenters. The van der Waals surface area contributed by atoms with Crippen molar-refractivity contribution in [2.75, 3.05) is 26.2 Å². The molecule has 5 nitrogen and oxygen atoms in total. The van der Waals surface area contributed by atoms with Gasteiger partial charge in [-0.25, -0.2) is 8.42 Å². The van der Waals surface area contributed by atoms with E-state index < -0.39 is 10.0 Å². The molecule has 0 unspecified atom stereocenters. The molecule has 1 aromatic carbocycles. The zero-order valence-corrected chi connectivity index (χ0v) is 14.8. The molecule has 0 saturated carbocycles. The standard InChI is InChI=1S/C18H24N2O3S/c1-15-6-8-17(9-7-15)24(22,23)20-12-10-19(11-13-20)18(21)14-16-4-2-3-5-16/h2,4,6-9,16H,3,5,10-14H2,1H3/t16-/m1/s1. The molecule has 130 valence electrons. The van der Waals surface area contributed by atoms with Gasteiger partial charge in [0, 0.05) is 32.6 Å². The lowest BCUT2D eigenvalue weighted by atomic mass is 10.0. The van der Waals surface area contributed by atoms with Gasteiger partial charge in [-0.2, -0.15) is 4.31 Å². The van der Waals surface area contributed by atoms with Crippen LogP contribution in [0.2, 0.25) is 0 Å². The van der Waals surface area contributed by atoms with Crippen LogP contribution in [-0.2, 0) is 14.8 Å². The largest absolute Gasteiger partial charge is 0.340 e. The van der Waals surface area contributed by atoms with Crippen LogP contribution in [0.3, 0.4) is 0 Å². The Morgan fingerprint density at radius 1 is 1.12 bits per heavy atom. The van der Waals surface area contributed by atoms with Gasteiger partial charge in [0.2, 0.25) is 15.9 Å². The van der Waals surface area contributed by atoms with Crippen LogP contribution in [0.1, 0.15) is 24.8 Å². The molecule has 1 saturated heterocycles. The molecular weight excluding hydrogens is 324 g/mol. The molecular formula is C18H24N2O3S. The number of hydrogen-bond acceptors (Lipinski definition) is 3. The molecule has 1 aliphatic carbocycles. The summed E-state index contributed by atoms with van der Waals surface area (Å²) >= 11 is 0. The molecule has 0 bridgehead atoms. The van der Waals surface area contributed by atoms with Gasteiger partial charge in [-0.05, 0) is 37.8 Å². The summed E-state index contributed by atoms with van der Waals surface area (Å²) in [5.74, 6) is 0.491. The van der Waals surface area contributed by atoms with E-state index in [1.165, 1.54) is 4.31 Å². The van der Waals surface area contributed by atoms with Gasteiger partial charge in [0.05, 0.1) is 4.90 Å². The Balaban J connectivity index is 1.58. The fourth-order valence-electron chi connectivity index (χ4n) is 3.26. The van der Waals surface area contributed by atoms with E-state index in [0.29, 0.717) is 43.4 Å². The Hall–Kier alpha value is -1.66. The van der Waals surface area contributed by atoms with Crippen molar-refractivity contribution < 1.29 is 13.2 Å². The highest BCUT2D eigenvalue weighted by Gasteiger charge is 2.30. The Bertz CT molecular complexity index is 717. The lowest BCUT2D eigenvalue weighted by Gasteiger charge is -2.34. The first kappa shape index (κ1) is 17.2. The van der Waals surface area contributed by atoms with E-state index in [4.69, 9.17) is 0 Å². The summed E-state index contributed by atoms with van der Waals surface area (Å²) in [6.45, 7) is 3.60. The number of nitrogens with zero attached hydrogens (tertiary/aromatic N) is 2. The number of aryl methyl sites for hydroxylation is 1. The van der Waals surface area contributed by atoms with E-state index in [9.17, 15) is 13.2 Å². The van der Waals surface area contributed by atoms with Crippen molar-refractivity contribution in [3.8, 4) is 0 Å². The molecule has 1 amide bonds. The highest BCUT2D eigenvalue weighted by Crippen LogP contribution is 2.23. The van der Waals surface area contributed by atoms with Crippen LogP contribution in [-0.4, -0.2) is 49.7 Å². The quantitative estimate of drug-likeness (QED) is 0.784. The summed E-state index contributed by atoms with van der Waals surface area (Å²) in [5.41, 5.74) is 1.03. The van der Waals surface area contributed by atoms with Crippen molar-refractivity contribution in [2.24, 2.45) is 5.92 Å². The second-order valence-corrected chi connectivity index (χ2v) is 8.51. The maximum atomic E-state index is 12.7. The number of amides is 1. The Kier molecular flexibility index (Phi) is 5.06. The van der Waals surface area contributed by atoms with Gasteiger partial charge in [-0.15, -0.1) is 0 Å². The fourth-order valence-corrected chi connectivity index (χ4v) is 4.68. The SMILES string of the molecule is Cc1ccc(S(=O)(=O)N2CCN(C(=O)C[C@@H]3C=CCC3)CC2)cc1. The third-order valence-corrected chi connectivity index (χ3v) is 6.71. The Labute approximate surface area is 144 Å². The lowest BCUT2D eigenvalue weighted by Crippen LogP contribution is -2.50. The molecule has 24 heavy (non-hydrogen) atoms. The van der Waals surface area contributed by atoms with Crippen LogP contribution >= 0.6 is 0 Å². The van der Waals surface area contributed by atoms with E-state index in [1.54, 1.807) is 17.0 Å². The predicted molar refractivity (Wildman–Crippen MR) is 93.0 cm³/mol. The van der Waals surface area contributed by atoms with Crippen molar-refractivity contribution >= 4 is 15.9 Å². The lowest BCUT2D eigenvalue weighted by molar-refractivity contribution is -0.133. The molecule has 1 heterocycles. The molecule has 1 fully saturated rings. The molecule has 2 aliphatic rings. The number of carbonyl (C=O) groups excluding carboxylic acids is 1. The van der Waals surface area contributed by atoms with Crippen LogP contribution in [0.25, 0.3) is 0 Å². The third-order valence-electron chi connectivity index (χ3n) is 4.80. The first-order chi connectivity index (χ1) is 11.5. The predicted octanol–water partition coefficient (Wildman–Crippen LogP) is 2.18. The summed E-state index contributed by atoms with van der Waals surface area (Å²) in [5, 5.41) is 0. The minimum atomic E-state index is -3.47.